The molecule has 14 nitrogen and oxygen atoms in total. The molecule has 10 rings (SSSR count). The third-order valence-electron chi connectivity index (χ3n) is 14.1. The normalized spacial score (nSPS) is 50.6. The predicted octanol–water partition coefficient (Wildman–Crippen LogP) is 4.79. The van der Waals surface area contributed by atoms with Gasteiger partial charge in [-0.1, -0.05) is 25.2 Å². The minimum atomic E-state index is -0.908. The van der Waals surface area contributed by atoms with E-state index in [0.29, 0.717) is 25.7 Å². The lowest BCUT2D eigenvalue weighted by molar-refractivity contribution is -0.292. The Morgan fingerprint density at radius 2 is 1.61 bits per heavy atom. The fraction of sp³-hybridized carbons (Fsp3) is 0.875. The molecule has 0 aromatic heterocycles. The highest BCUT2D eigenvalue weighted by atomic mass is 16.8. The molecule has 19 atom stereocenters. The van der Waals surface area contributed by atoms with Gasteiger partial charge in [-0.3, -0.25) is 4.79 Å². The monoisotopic (exact) mass is 755 g/mol. The third-order valence-corrected chi connectivity index (χ3v) is 14.1. The van der Waals surface area contributed by atoms with E-state index >= 15 is 0 Å². The van der Waals surface area contributed by atoms with Crippen molar-refractivity contribution < 1.29 is 52.5 Å². The van der Waals surface area contributed by atoms with Crippen molar-refractivity contribution >= 4 is 5.78 Å². The van der Waals surface area contributed by atoms with E-state index in [4.69, 9.17) is 48.2 Å². The number of ether oxygens (including phenoxy) is 9. The Balaban J connectivity index is 0.988. The fourth-order valence-corrected chi connectivity index (χ4v) is 11.4. The van der Waals surface area contributed by atoms with Crippen LogP contribution in [0.25, 0.3) is 10.4 Å². The van der Waals surface area contributed by atoms with Gasteiger partial charge in [0.05, 0.1) is 73.7 Å². The van der Waals surface area contributed by atoms with Crippen molar-refractivity contribution in [2.24, 2.45) is 17.0 Å². The summed E-state index contributed by atoms with van der Waals surface area (Å²) < 4.78 is 60.0. The number of hydrogen-bond donors (Lipinski definition) is 1. The first kappa shape index (κ1) is 37.6. The van der Waals surface area contributed by atoms with E-state index in [-0.39, 0.29) is 123 Å². The molecule has 0 aliphatic carbocycles. The van der Waals surface area contributed by atoms with E-state index < -0.39 is 24.1 Å². The zero-order valence-corrected chi connectivity index (χ0v) is 31.6. The summed E-state index contributed by atoms with van der Waals surface area (Å²) in [6, 6.07) is 0. The minimum Gasteiger partial charge on any atom is -0.393 e. The summed E-state index contributed by atoms with van der Waals surface area (Å²) in [5, 5.41) is 14.3. The molecule has 0 radical (unpaired) electrons. The molecule has 10 aliphatic rings. The van der Waals surface area contributed by atoms with E-state index in [2.05, 4.69) is 30.1 Å². The van der Waals surface area contributed by atoms with Gasteiger partial charge in [0.2, 0.25) is 0 Å². The van der Waals surface area contributed by atoms with Gasteiger partial charge in [0, 0.05) is 56.5 Å². The maximum Gasteiger partial charge on any atom is 0.172 e. The van der Waals surface area contributed by atoms with Crippen LogP contribution in [-0.2, 0) is 47.4 Å². The lowest BCUT2D eigenvalue weighted by Gasteiger charge is -2.47. The number of carbonyl (C=O) groups is 1. The molecule has 298 valence electrons. The Morgan fingerprint density at radius 1 is 0.852 bits per heavy atom. The van der Waals surface area contributed by atoms with Crippen LogP contribution in [0.3, 0.4) is 0 Å². The second-order valence-electron chi connectivity index (χ2n) is 17.6. The van der Waals surface area contributed by atoms with Crippen molar-refractivity contribution in [1.82, 2.24) is 0 Å². The van der Waals surface area contributed by atoms with Crippen molar-refractivity contribution in [2.45, 2.75) is 194 Å². The number of carbonyl (C=O) groups excluding carboxylic acids is 1. The predicted molar refractivity (Wildman–Crippen MR) is 191 cm³/mol. The molecule has 0 aromatic carbocycles. The smallest absolute Gasteiger partial charge is 0.172 e. The van der Waals surface area contributed by atoms with E-state index in [1.54, 1.807) is 7.11 Å². The van der Waals surface area contributed by atoms with Crippen molar-refractivity contribution in [2.75, 3.05) is 13.7 Å². The first-order chi connectivity index (χ1) is 26.1. The number of ketones is 1. The van der Waals surface area contributed by atoms with Gasteiger partial charge in [-0.15, -0.1) is 0 Å². The first-order valence-electron chi connectivity index (χ1n) is 20.5. The second-order valence-corrected chi connectivity index (χ2v) is 17.6. The van der Waals surface area contributed by atoms with Crippen LogP contribution in [0.15, 0.2) is 29.4 Å². The molecule has 0 saturated carbocycles. The van der Waals surface area contributed by atoms with Gasteiger partial charge in [-0.2, -0.15) is 0 Å². The lowest BCUT2D eigenvalue weighted by atomic mass is 9.81. The van der Waals surface area contributed by atoms with Gasteiger partial charge >= 0.3 is 0 Å². The summed E-state index contributed by atoms with van der Waals surface area (Å²) in [4.78, 5) is 16.9. The van der Waals surface area contributed by atoms with Crippen LogP contribution in [0, 0.1) is 11.8 Å². The lowest BCUT2D eigenvalue weighted by Crippen LogP contribution is -2.61. The molecule has 10 aliphatic heterocycles. The Morgan fingerprint density at radius 3 is 2.44 bits per heavy atom. The molecular formula is C40H57N3O11. The van der Waals surface area contributed by atoms with Gasteiger partial charge < -0.3 is 47.7 Å². The molecule has 0 amide bonds. The molecule has 10 heterocycles. The van der Waals surface area contributed by atoms with Gasteiger partial charge in [-0.05, 0) is 67.5 Å². The van der Waals surface area contributed by atoms with Crippen molar-refractivity contribution in [3.8, 4) is 0 Å². The zero-order chi connectivity index (χ0) is 37.3. The van der Waals surface area contributed by atoms with Gasteiger partial charge in [0.15, 0.2) is 5.79 Å². The number of azide groups is 1. The molecule has 0 aromatic rings. The number of aliphatic hydroxyl groups excluding tert-OH is 1. The Kier molecular flexibility index (Phi) is 10.5. The van der Waals surface area contributed by atoms with Crippen molar-refractivity contribution in [3.05, 3.63) is 34.7 Å². The largest absolute Gasteiger partial charge is 0.393 e. The topological polar surface area (TPSA) is 169 Å². The second kappa shape index (κ2) is 15.1. The number of nitrogens with zero attached hydrogens (tertiary/aromatic N) is 3. The number of fused-ring (bicyclic) bond motifs is 6. The maximum atomic E-state index is 14.1. The summed E-state index contributed by atoms with van der Waals surface area (Å²) in [7, 11) is 1.62. The molecule has 1 N–H and O–H groups in total. The molecule has 14 heteroatoms. The number of aliphatic hydroxyl groups is 1. The van der Waals surface area contributed by atoms with E-state index in [1.807, 2.05) is 0 Å². The molecule has 4 unspecified atom stereocenters. The number of hydrogen-bond acceptors (Lipinski definition) is 12. The highest BCUT2D eigenvalue weighted by Gasteiger charge is 2.68. The molecular weight excluding hydrogens is 698 g/mol. The molecule has 10 saturated heterocycles. The van der Waals surface area contributed by atoms with Crippen LogP contribution in [0.4, 0.5) is 0 Å². The summed E-state index contributed by atoms with van der Waals surface area (Å²) in [5.74, 6) is -0.767. The minimum absolute atomic E-state index is 0.0142. The molecule has 54 heavy (non-hydrogen) atoms. The fourth-order valence-electron chi connectivity index (χ4n) is 11.4. The Labute approximate surface area is 317 Å². The summed E-state index contributed by atoms with van der Waals surface area (Å²) >= 11 is 0. The standard InChI is InChI=1S/C40H57N3O11/c1-19-11-24-5-7-28-20(2)12-26(47-28)9-10-40-17-33-36(53-40)37-38(52-33)39(54-40)35-29(51-37)8-6-25(49-35)13-22(44)14-27-31(16-30(48-24)21(19)3)50-32(34(27)46-4)15-23(45)18-42-43-41/h19,23-39,45H,2-3,5-18H2,1,4H3/t19-,23+,24+,25?,26+,27+,28?,29+,30?,31+,32?,33+,34-,35+,36+,37+,38-,39+,40+/m1/s1. The highest BCUT2D eigenvalue weighted by molar-refractivity contribution is 5.79. The number of methoxy groups -OCH3 is 1. The average molecular weight is 756 g/mol. The van der Waals surface area contributed by atoms with Crippen molar-refractivity contribution in [3.63, 3.8) is 0 Å². The third kappa shape index (κ3) is 7.01. The van der Waals surface area contributed by atoms with Crippen LogP contribution in [0.2, 0.25) is 0 Å². The summed E-state index contributed by atoms with van der Waals surface area (Å²) in [6.07, 6.45) is 3.73. The Hall–Kier alpha value is -1.94. The zero-order valence-electron chi connectivity index (χ0n) is 31.6. The van der Waals surface area contributed by atoms with Crippen LogP contribution in [-0.4, -0.2) is 128 Å². The quantitative estimate of drug-likeness (QED) is 0.177. The molecule has 1 spiro atoms. The average Bonchev–Trinajstić information content (AvgIpc) is 3.82. The first-order valence-corrected chi connectivity index (χ1v) is 20.5. The highest BCUT2D eigenvalue weighted by Crippen LogP contribution is 2.54. The van der Waals surface area contributed by atoms with Crippen LogP contribution >= 0.6 is 0 Å². The van der Waals surface area contributed by atoms with Crippen LogP contribution in [0.1, 0.15) is 90.4 Å². The number of rotatable bonds is 5. The van der Waals surface area contributed by atoms with Crippen LogP contribution in [0.5, 0.6) is 0 Å². The maximum absolute atomic E-state index is 14.1. The Bertz CT molecular complexity index is 1510. The van der Waals surface area contributed by atoms with Gasteiger partial charge in [0.25, 0.3) is 0 Å². The van der Waals surface area contributed by atoms with E-state index in [1.165, 1.54) is 0 Å². The van der Waals surface area contributed by atoms with E-state index in [9.17, 15) is 9.90 Å². The van der Waals surface area contributed by atoms with Crippen LogP contribution < -0.4 is 0 Å². The van der Waals surface area contributed by atoms with Gasteiger partial charge in [-0.25, -0.2) is 0 Å². The van der Waals surface area contributed by atoms with Gasteiger partial charge in [0.1, 0.15) is 36.3 Å². The molecule has 12 bridgehead atoms. The summed E-state index contributed by atoms with van der Waals surface area (Å²) in [6.45, 7) is 11.0. The SMILES string of the molecule is C=C1C[C@@H]2CC[C@@]34C[C@@H]5O[C@@H]6[C@@H](O[C@H]7CCC(CC(=O)C[C@H]8[C@H](CC9O[C@@H](CCC1O2)C[C@@H](C)C9=C)OC(C[C@H](O)CN=[N+]=[N-])[C@@H]8OC)O[C@@H]7[C@@H]6O3)[C@H]5O4. The van der Waals surface area contributed by atoms with E-state index in [0.717, 1.165) is 49.7 Å². The summed E-state index contributed by atoms with van der Waals surface area (Å²) in [5.41, 5.74) is 11.0. The van der Waals surface area contributed by atoms with Crippen molar-refractivity contribution in [1.29, 1.82) is 0 Å². The number of Topliss-reactive ketones (excluding diaryl/α,β-unsaturated/α-hetero) is 1. The molecule has 10 fully saturated rings.